The van der Waals surface area contributed by atoms with E-state index in [-0.39, 0.29) is 5.88 Å². The summed E-state index contributed by atoms with van der Waals surface area (Å²) in [5.41, 5.74) is 3.61. The number of aromatic hydroxyl groups is 1. The van der Waals surface area contributed by atoms with Crippen LogP contribution in [0.3, 0.4) is 0 Å². The van der Waals surface area contributed by atoms with Gasteiger partial charge in [-0.3, -0.25) is 0 Å². The van der Waals surface area contributed by atoms with Gasteiger partial charge >= 0.3 is 0 Å². The lowest BCUT2D eigenvalue weighted by Gasteiger charge is -2.13. The second kappa shape index (κ2) is 8.60. The minimum Gasteiger partial charge on any atom is -0.492 e. The first-order valence-electron chi connectivity index (χ1n) is 9.41. The fourth-order valence-electron chi connectivity index (χ4n) is 2.89. The van der Waals surface area contributed by atoms with Crippen molar-refractivity contribution in [1.82, 2.24) is 19.9 Å². The molecule has 0 spiro atoms. The van der Waals surface area contributed by atoms with E-state index >= 15 is 0 Å². The van der Waals surface area contributed by atoms with Crippen LogP contribution in [0, 0.1) is 6.92 Å². The average molecular weight is 423 g/mol. The second-order valence-corrected chi connectivity index (χ2v) is 8.11. The van der Waals surface area contributed by atoms with Crippen molar-refractivity contribution in [3.8, 4) is 11.6 Å². The average Bonchev–Trinajstić information content (AvgIpc) is 3.27. The standard InChI is InChI=1S/C21H22N6O2S/c1-13-8-15(29-7-6-27(2)3)4-5-17(13)25-21-26-20(28)18(30-21)9-14-10-23-19-16(14)11-22-12-24-19/h4-5,8-12,28H,6-7H2,1-3H3,(H,25,26)/b14-9+. The fourth-order valence-corrected chi connectivity index (χ4v) is 3.71. The number of ether oxygens (including phenoxy) is 1. The van der Waals surface area contributed by atoms with Crippen LogP contribution in [0.4, 0.5) is 16.6 Å². The van der Waals surface area contributed by atoms with E-state index in [4.69, 9.17) is 4.74 Å². The van der Waals surface area contributed by atoms with Crippen LogP contribution in [0.5, 0.6) is 11.6 Å². The Bertz CT molecular complexity index is 1120. The van der Waals surface area contributed by atoms with E-state index in [9.17, 15) is 5.11 Å². The SMILES string of the molecule is Cc1cc(OCCN(C)C)ccc1Nc1nc(O)c(/C=C2\C=Nc3ncncc32)s1. The van der Waals surface area contributed by atoms with Crippen molar-refractivity contribution in [2.24, 2.45) is 4.99 Å². The summed E-state index contributed by atoms with van der Waals surface area (Å²) in [7, 11) is 4.03. The first-order chi connectivity index (χ1) is 14.5. The number of aliphatic imine (C=N–C) groups is 1. The summed E-state index contributed by atoms with van der Waals surface area (Å²) < 4.78 is 5.78. The maximum atomic E-state index is 10.3. The lowest BCUT2D eigenvalue weighted by Crippen LogP contribution is -2.19. The lowest BCUT2D eigenvalue weighted by atomic mass is 10.1. The predicted molar refractivity (Wildman–Crippen MR) is 120 cm³/mol. The van der Waals surface area contributed by atoms with Crippen LogP contribution in [0.25, 0.3) is 11.6 Å². The van der Waals surface area contributed by atoms with Crippen LogP contribution < -0.4 is 10.1 Å². The van der Waals surface area contributed by atoms with Crippen molar-refractivity contribution in [3.05, 3.63) is 46.7 Å². The quantitative estimate of drug-likeness (QED) is 0.596. The van der Waals surface area contributed by atoms with Gasteiger partial charge < -0.3 is 20.1 Å². The first kappa shape index (κ1) is 20.0. The molecular formula is C21H22N6O2S. The van der Waals surface area contributed by atoms with Crippen LogP contribution in [0.1, 0.15) is 16.0 Å². The number of fused-ring (bicyclic) bond motifs is 1. The minimum absolute atomic E-state index is 0.0324. The Morgan fingerprint density at radius 1 is 1.30 bits per heavy atom. The molecular weight excluding hydrogens is 400 g/mol. The molecule has 0 bridgehead atoms. The molecule has 1 aromatic carbocycles. The normalized spacial score (nSPS) is 13.8. The molecule has 1 aliphatic heterocycles. The fraction of sp³-hybridized carbons (Fsp3) is 0.238. The molecule has 0 fully saturated rings. The highest BCUT2D eigenvalue weighted by molar-refractivity contribution is 7.16. The number of allylic oxidation sites excluding steroid dienone is 1. The van der Waals surface area contributed by atoms with Crippen molar-refractivity contribution < 1.29 is 9.84 Å². The van der Waals surface area contributed by atoms with Gasteiger partial charge in [0, 0.05) is 35.8 Å². The molecule has 154 valence electrons. The molecule has 3 heterocycles. The highest BCUT2D eigenvalue weighted by Gasteiger charge is 2.16. The smallest absolute Gasteiger partial charge is 0.231 e. The first-order valence-corrected chi connectivity index (χ1v) is 10.2. The molecule has 0 aliphatic carbocycles. The molecule has 4 rings (SSSR count). The summed E-state index contributed by atoms with van der Waals surface area (Å²) in [6.45, 7) is 3.50. The molecule has 0 unspecified atom stereocenters. The van der Waals surface area contributed by atoms with Crippen molar-refractivity contribution in [2.45, 2.75) is 6.92 Å². The van der Waals surface area contributed by atoms with Crippen LogP contribution in [0.2, 0.25) is 0 Å². The van der Waals surface area contributed by atoms with E-state index in [0.717, 1.165) is 34.7 Å². The van der Waals surface area contributed by atoms with E-state index in [1.807, 2.05) is 45.3 Å². The topological polar surface area (TPSA) is 95.8 Å². The summed E-state index contributed by atoms with van der Waals surface area (Å²) in [5.74, 6) is 1.42. The molecule has 2 N–H and O–H groups in total. The Morgan fingerprint density at radius 3 is 2.97 bits per heavy atom. The van der Waals surface area contributed by atoms with Gasteiger partial charge in [-0.1, -0.05) is 11.3 Å². The number of thiazole rings is 1. The van der Waals surface area contributed by atoms with E-state index in [0.29, 0.717) is 22.4 Å². The summed E-state index contributed by atoms with van der Waals surface area (Å²) in [6.07, 6.45) is 6.73. The zero-order valence-electron chi connectivity index (χ0n) is 17.0. The van der Waals surface area contributed by atoms with Crippen LogP contribution in [-0.4, -0.2) is 58.4 Å². The van der Waals surface area contributed by atoms with Gasteiger partial charge in [-0.2, -0.15) is 4.98 Å². The summed E-state index contributed by atoms with van der Waals surface area (Å²) >= 11 is 1.36. The molecule has 9 heteroatoms. The van der Waals surface area contributed by atoms with Crippen molar-refractivity contribution >= 4 is 45.8 Å². The molecule has 0 saturated heterocycles. The largest absolute Gasteiger partial charge is 0.492 e. The molecule has 0 radical (unpaired) electrons. The van der Waals surface area contributed by atoms with Crippen molar-refractivity contribution in [3.63, 3.8) is 0 Å². The number of nitrogens with zero attached hydrogens (tertiary/aromatic N) is 5. The van der Waals surface area contributed by atoms with Gasteiger partial charge in [0.2, 0.25) is 5.88 Å². The highest BCUT2D eigenvalue weighted by atomic mass is 32.1. The second-order valence-electron chi connectivity index (χ2n) is 7.08. The highest BCUT2D eigenvalue weighted by Crippen LogP contribution is 2.36. The molecule has 0 amide bonds. The van der Waals surface area contributed by atoms with Crippen LogP contribution >= 0.6 is 11.3 Å². The third-order valence-electron chi connectivity index (χ3n) is 4.50. The third-order valence-corrected chi connectivity index (χ3v) is 5.40. The van der Waals surface area contributed by atoms with Gasteiger partial charge in [0.1, 0.15) is 18.7 Å². The Morgan fingerprint density at radius 2 is 2.17 bits per heavy atom. The number of aromatic nitrogens is 3. The maximum absolute atomic E-state index is 10.3. The number of nitrogens with one attached hydrogen (secondary N) is 1. The lowest BCUT2D eigenvalue weighted by molar-refractivity contribution is 0.261. The molecule has 1 aliphatic rings. The number of hydrogen-bond acceptors (Lipinski definition) is 9. The molecule has 0 saturated carbocycles. The number of benzene rings is 1. The Balaban J connectivity index is 1.48. The predicted octanol–water partition coefficient (Wildman–Crippen LogP) is 3.89. The van der Waals surface area contributed by atoms with E-state index < -0.39 is 0 Å². The Labute approximate surface area is 178 Å². The van der Waals surface area contributed by atoms with E-state index in [2.05, 4.69) is 30.2 Å². The Hall–Kier alpha value is -3.30. The van der Waals surface area contributed by atoms with E-state index in [1.165, 1.54) is 17.7 Å². The molecule has 8 nitrogen and oxygen atoms in total. The number of likely N-dealkylation sites (N-methyl/N-ethyl adjacent to an activating group) is 1. The number of aryl methyl sites for hydroxylation is 1. The zero-order chi connectivity index (χ0) is 21.1. The van der Waals surface area contributed by atoms with Gasteiger partial charge in [0.15, 0.2) is 10.9 Å². The van der Waals surface area contributed by atoms with Gasteiger partial charge in [-0.25, -0.2) is 15.0 Å². The minimum atomic E-state index is -0.0324. The summed E-state index contributed by atoms with van der Waals surface area (Å²) in [5, 5.41) is 14.2. The maximum Gasteiger partial charge on any atom is 0.231 e. The summed E-state index contributed by atoms with van der Waals surface area (Å²) in [6, 6.07) is 5.86. The molecule has 2 aromatic heterocycles. The number of hydrogen-bond donors (Lipinski definition) is 2. The third kappa shape index (κ3) is 4.47. The van der Waals surface area contributed by atoms with Crippen LogP contribution in [-0.2, 0) is 0 Å². The summed E-state index contributed by atoms with van der Waals surface area (Å²) in [4.78, 5) is 19.4. The number of rotatable bonds is 7. The molecule has 0 atom stereocenters. The number of anilines is 2. The van der Waals surface area contributed by atoms with Gasteiger partial charge in [-0.15, -0.1) is 0 Å². The van der Waals surface area contributed by atoms with Gasteiger partial charge in [0.05, 0.1) is 4.88 Å². The van der Waals surface area contributed by atoms with Gasteiger partial charge in [-0.05, 0) is 50.9 Å². The van der Waals surface area contributed by atoms with Crippen molar-refractivity contribution in [1.29, 1.82) is 0 Å². The van der Waals surface area contributed by atoms with Crippen molar-refractivity contribution in [2.75, 3.05) is 32.6 Å². The monoisotopic (exact) mass is 422 g/mol. The van der Waals surface area contributed by atoms with E-state index in [1.54, 1.807) is 12.4 Å². The molecule has 3 aromatic rings. The Kier molecular flexibility index (Phi) is 5.73. The molecule has 30 heavy (non-hydrogen) atoms. The zero-order valence-corrected chi connectivity index (χ0v) is 17.8. The van der Waals surface area contributed by atoms with Gasteiger partial charge in [0.25, 0.3) is 0 Å². The van der Waals surface area contributed by atoms with Crippen LogP contribution in [0.15, 0.2) is 35.7 Å².